The molecule has 1 aliphatic carbocycles. The molecule has 1 N–H and O–H groups in total. The molecule has 0 spiro atoms. The molecule has 36 heavy (non-hydrogen) atoms. The van der Waals surface area contributed by atoms with E-state index in [1.54, 1.807) is 11.0 Å². The standard InChI is InChI=1S/C27H31F2N3O3S/c28-22-10-11-24(29)23(17-22)21-16-25(19-6-2-1-3-7-19)32(18-21)27(33)26(20-8-9-20)30-36(34,35)15-14-31-12-4-5-13-31/h1-3,6-7,10-11,16-17,20,25-26,30H,4-5,8-9,12-15,18H2/t25-,26-/m0/s1. The molecule has 2 atom stereocenters. The van der Waals surface area contributed by atoms with E-state index in [1.807, 2.05) is 30.3 Å². The molecule has 192 valence electrons. The van der Waals surface area contributed by atoms with Gasteiger partial charge in [-0.05, 0) is 74.0 Å². The lowest BCUT2D eigenvalue weighted by molar-refractivity contribution is -0.134. The van der Waals surface area contributed by atoms with Crippen molar-refractivity contribution in [3.63, 3.8) is 0 Å². The summed E-state index contributed by atoms with van der Waals surface area (Å²) in [6.07, 6.45) is 5.47. The Morgan fingerprint density at radius 3 is 2.47 bits per heavy atom. The van der Waals surface area contributed by atoms with Gasteiger partial charge in [0.2, 0.25) is 15.9 Å². The van der Waals surface area contributed by atoms with Gasteiger partial charge in [-0.1, -0.05) is 36.4 Å². The quantitative estimate of drug-likeness (QED) is 0.553. The molecule has 0 aromatic heterocycles. The van der Waals surface area contributed by atoms with Gasteiger partial charge in [0.1, 0.15) is 17.7 Å². The maximum absolute atomic E-state index is 14.6. The summed E-state index contributed by atoms with van der Waals surface area (Å²) in [6, 6.07) is 11.2. The molecule has 2 aromatic carbocycles. The molecule has 3 aliphatic rings. The Balaban J connectivity index is 1.39. The first-order chi connectivity index (χ1) is 17.3. The van der Waals surface area contributed by atoms with Gasteiger partial charge in [-0.15, -0.1) is 0 Å². The second-order valence-electron chi connectivity index (χ2n) is 9.94. The van der Waals surface area contributed by atoms with Crippen molar-refractivity contribution in [3.05, 3.63) is 77.4 Å². The Kier molecular flexibility index (Phi) is 7.23. The molecule has 2 aliphatic heterocycles. The number of carbonyl (C=O) groups excluding carboxylic acids is 1. The average molecular weight is 516 g/mol. The summed E-state index contributed by atoms with van der Waals surface area (Å²) in [4.78, 5) is 17.6. The van der Waals surface area contributed by atoms with E-state index in [0.717, 1.165) is 62.5 Å². The molecular weight excluding hydrogens is 484 g/mol. The number of nitrogens with zero attached hydrogens (tertiary/aromatic N) is 2. The second kappa shape index (κ2) is 10.4. The van der Waals surface area contributed by atoms with Crippen molar-refractivity contribution >= 4 is 21.5 Å². The number of hydrogen-bond donors (Lipinski definition) is 1. The molecule has 2 fully saturated rings. The van der Waals surface area contributed by atoms with Crippen molar-refractivity contribution in [1.82, 2.24) is 14.5 Å². The number of amides is 1. The molecule has 5 rings (SSSR count). The summed E-state index contributed by atoms with van der Waals surface area (Å²) in [5.41, 5.74) is 1.44. The van der Waals surface area contributed by atoms with Gasteiger partial charge >= 0.3 is 0 Å². The van der Waals surface area contributed by atoms with E-state index in [1.165, 1.54) is 0 Å². The average Bonchev–Trinajstić information content (AvgIpc) is 3.39. The number of benzene rings is 2. The monoisotopic (exact) mass is 515 g/mol. The minimum absolute atomic E-state index is 0.0520. The van der Waals surface area contributed by atoms with Gasteiger partial charge in [-0.3, -0.25) is 4.79 Å². The number of rotatable bonds is 9. The maximum atomic E-state index is 14.6. The van der Waals surface area contributed by atoms with Gasteiger partial charge in [0.05, 0.1) is 11.8 Å². The number of carbonyl (C=O) groups is 1. The summed E-state index contributed by atoms with van der Waals surface area (Å²) >= 11 is 0. The number of halogens is 2. The fourth-order valence-corrected chi connectivity index (χ4v) is 6.44. The van der Waals surface area contributed by atoms with Crippen LogP contribution < -0.4 is 4.72 Å². The highest BCUT2D eigenvalue weighted by Gasteiger charge is 2.43. The van der Waals surface area contributed by atoms with Crippen LogP contribution in [0.5, 0.6) is 0 Å². The van der Waals surface area contributed by atoms with Gasteiger partial charge in [0, 0.05) is 18.7 Å². The van der Waals surface area contributed by atoms with E-state index in [9.17, 15) is 22.0 Å². The predicted octanol–water partition coefficient (Wildman–Crippen LogP) is 3.73. The normalized spacial score (nSPS) is 21.6. The molecule has 0 radical (unpaired) electrons. The minimum Gasteiger partial charge on any atom is -0.326 e. The second-order valence-corrected chi connectivity index (χ2v) is 11.8. The van der Waals surface area contributed by atoms with Crippen LogP contribution in [0.4, 0.5) is 8.78 Å². The van der Waals surface area contributed by atoms with Crippen LogP contribution in [0.2, 0.25) is 0 Å². The lowest BCUT2D eigenvalue weighted by Crippen LogP contribution is -2.51. The number of hydrogen-bond acceptors (Lipinski definition) is 4. The lowest BCUT2D eigenvalue weighted by atomic mass is 10.0. The predicted molar refractivity (Wildman–Crippen MR) is 134 cm³/mol. The molecule has 6 nitrogen and oxygen atoms in total. The molecule has 0 bridgehead atoms. The van der Waals surface area contributed by atoms with Crippen molar-refractivity contribution in [2.24, 2.45) is 5.92 Å². The number of sulfonamides is 1. The molecule has 2 aromatic rings. The first-order valence-corrected chi connectivity index (χ1v) is 14.2. The van der Waals surface area contributed by atoms with Gasteiger partial charge in [-0.2, -0.15) is 0 Å². The van der Waals surface area contributed by atoms with Crippen LogP contribution in [-0.4, -0.2) is 62.1 Å². The Bertz CT molecular complexity index is 1240. The minimum atomic E-state index is -3.67. The van der Waals surface area contributed by atoms with Crippen LogP contribution in [0.15, 0.2) is 54.6 Å². The van der Waals surface area contributed by atoms with Crippen LogP contribution in [0, 0.1) is 17.6 Å². The first kappa shape index (κ1) is 25.0. The van der Waals surface area contributed by atoms with Crippen LogP contribution in [0.1, 0.15) is 42.9 Å². The van der Waals surface area contributed by atoms with Gasteiger partial charge in [0.15, 0.2) is 0 Å². The van der Waals surface area contributed by atoms with E-state index in [2.05, 4.69) is 9.62 Å². The Hall–Kier alpha value is -2.62. The molecule has 1 saturated carbocycles. The Labute approximate surface area is 211 Å². The highest BCUT2D eigenvalue weighted by atomic mass is 32.2. The lowest BCUT2D eigenvalue weighted by Gasteiger charge is -2.30. The molecule has 1 amide bonds. The molecule has 9 heteroatoms. The summed E-state index contributed by atoms with van der Waals surface area (Å²) in [5.74, 6) is -1.58. The van der Waals surface area contributed by atoms with E-state index < -0.39 is 33.7 Å². The van der Waals surface area contributed by atoms with Crippen molar-refractivity contribution in [2.45, 2.75) is 37.8 Å². The number of likely N-dealkylation sites (tertiary alicyclic amines) is 1. The molecule has 1 saturated heterocycles. The summed E-state index contributed by atoms with van der Waals surface area (Å²) in [6.45, 7) is 2.32. The zero-order valence-electron chi connectivity index (χ0n) is 20.1. The zero-order valence-corrected chi connectivity index (χ0v) is 20.9. The third kappa shape index (κ3) is 5.68. The molecular formula is C27H31F2N3O3S. The van der Waals surface area contributed by atoms with Crippen molar-refractivity contribution < 1.29 is 22.0 Å². The SMILES string of the molecule is O=C([C@@H](NS(=O)(=O)CCN1CCCC1)C1CC1)N1CC(c2cc(F)ccc2F)=C[C@H]1c1ccccc1. The maximum Gasteiger partial charge on any atom is 0.242 e. The van der Waals surface area contributed by atoms with E-state index in [0.29, 0.717) is 12.1 Å². The van der Waals surface area contributed by atoms with Crippen molar-refractivity contribution in [1.29, 1.82) is 0 Å². The van der Waals surface area contributed by atoms with Crippen molar-refractivity contribution in [2.75, 3.05) is 31.9 Å². The highest BCUT2D eigenvalue weighted by Crippen LogP contribution is 2.39. The van der Waals surface area contributed by atoms with Crippen LogP contribution >= 0.6 is 0 Å². The summed E-state index contributed by atoms with van der Waals surface area (Å²) in [5, 5.41) is 0. The number of nitrogens with one attached hydrogen (secondary N) is 1. The first-order valence-electron chi connectivity index (χ1n) is 12.5. The smallest absolute Gasteiger partial charge is 0.242 e. The van der Waals surface area contributed by atoms with Crippen LogP contribution in [0.3, 0.4) is 0 Å². The Morgan fingerprint density at radius 2 is 1.78 bits per heavy atom. The summed E-state index contributed by atoms with van der Waals surface area (Å²) < 4.78 is 57.2. The topological polar surface area (TPSA) is 69.7 Å². The third-order valence-electron chi connectivity index (χ3n) is 7.27. The van der Waals surface area contributed by atoms with Crippen LogP contribution in [0.25, 0.3) is 5.57 Å². The van der Waals surface area contributed by atoms with E-state index in [-0.39, 0.29) is 29.7 Å². The van der Waals surface area contributed by atoms with Gasteiger partial charge in [-0.25, -0.2) is 21.9 Å². The zero-order chi connectivity index (χ0) is 25.3. The third-order valence-corrected chi connectivity index (χ3v) is 8.61. The fraction of sp³-hybridized carbons (Fsp3) is 0.444. The highest BCUT2D eigenvalue weighted by molar-refractivity contribution is 7.89. The molecule has 2 heterocycles. The molecule has 0 unspecified atom stereocenters. The van der Waals surface area contributed by atoms with Crippen LogP contribution in [-0.2, 0) is 14.8 Å². The van der Waals surface area contributed by atoms with E-state index >= 15 is 0 Å². The largest absolute Gasteiger partial charge is 0.326 e. The Morgan fingerprint density at radius 1 is 1.06 bits per heavy atom. The summed E-state index contributed by atoms with van der Waals surface area (Å²) in [7, 11) is -3.67. The van der Waals surface area contributed by atoms with E-state index in [4.69, 9.17) is 0 Å². The van der Waals surface area contributed by atoms with Crippen molar-refractivity contribution in [3.8, 4) is 0 Å². The fourth-order valence-electron chi connectivity index (χ4n) is 5.14. The van der Waals surface area contributed by atoms with Gasteiger partial charge in [0.25, 0.3) is 0 Å². The van der Waals surface area contributed by atoms with Gasteiger partial charge < -0.3 is 9.80 Å².